The second-order valence-electron chi connectivity index (χ2n) is 12.7. The maximum atomic E-state index is 13.7. The van der Waals surface area contributed by atoms with Crippen molar-refractivity contribution in [2.45, 2.75) is 114 Å². The van der Waals surface area contributed by atoms with Gasteiger partial charge in [0.15, 0.2) is 0 Å². The van der Waals surface area contributed by atoms with Gasteiger partial charge in [-0.15, -0.1) is 0 Å². The molecule has 3 aliphatic heterocycles. The van der Waals surface area contributed by atoms with Crippen LogP contribution in [0.1, 0.15) is 72.6 Å². The lowest BCUT2D eigenvalue weighted by molar-refractivity contribution is -0.176. The zero-order valence-electron chi connectivity index (χ0n) is 22.7. The van der Waals surface area contributed by atoms with Crippen LogP contribution < -0.4 is 21.3 Å². The van der Waals surface area contributed by atoms with Crippen LogP contribution >= 0.6 is 0 Å². The van der Waals surface area contributed by atoms with Crippen LogP contribution in [0.5, 0.6) is 0 Å². The van der Waals surface area contributed by atoms with Gasteiger partial charge in [0, 0.05) is 35.0 Å². The Morgan fingerprint density at radius 1 is 1.15 bits per heavy atom. The molecule has 1 saturated carbocycles. The van der Waals surface area contributed by atoms with Gasteiger partial charge in [0.2, 0.25) is 17.7 Å². The largest absolute Gasteiger partial charge is 0.471 e. The van der Waals surface area contributed by atoms with Crippen molar-refractivity contribution in [1.29, 1.82) is 5.26 Å². The molecule has 4 aliphatic rings. The summed E-state index contributed by atoms with van der Waals surface area (Å²) < 4.78 is 39.3. The zero-order chi connectivity index (χ0) is 29.0. The SMILES string of the molecule is CC1(C)CC[C@@H](C[C@@H](C#N)NC(=O)[C@@H]2[C@H]3CCCC[C@@]34CN2C(=O)[C@@H](NC(=O)C(F)(F)F)C(C)(C)N4)C(=O)N1. The van der Waals surface area contributed by atoms with Crippen LogP contribution in [0.4, 0.5) is 13.2 Å². The number of nitriles is 1. The second-order valence-corrected chi connectivity index (χ2v) is 12.7. The first kappa shape index (κ1) is 29.1. The Bertz CT molecular complexity index is 1090. The monoisotopic (exact) mass is 554 g/mol. The first-order chi connectivity index (χ1) is 18.0. The fourth-order valence-electron chi connectivity index (χ4n) is 6.99. The Labute approximate surface area is 225 Å². The van der Waals surface area contributed by atoms with E-state index < -0.39 is 59.0 Å². The average molecular weight is 555 g/mol. The van der Waals surface area contributed by atoms with E-state index in [4.69, 9.17) is 0 Å². The highest BCUT2D eigenvalue weighted by Crippen LogP contribution is 2.47. The van der Waals surface area contributed by atoms with E-state index in [0.717, 1.165) is 19.3 Å². The third kappa shape index (κ3) is 5.58. The predicted octanol–water partition coefficient (Wildman–Crippen LogP) is 1.26. The normalized spacial score (nSPS) is 34.2. The van der Waals surface area contributed by atoms with E-state index >= 15 is 0 Å². The van der Waals surface area contributed by atoms with Crippen LogP contribution in [0.25, 0.3) is 0 Å². The van der Waals surface area contributed by atoms with Crippen LogP contribution in [-0.4, -0.2) is 76.0 Å². The Kier molecular flexibility index (Phi) is 7.42. The average Bonchev–Trinajstić information content (AvgIpc) is 3.12. The molecule has 0 unspecified atom stereocenters. The molecule has 0 radical (unpaired) electrons. The van der Waals surface area contributed by atoms with E-state index in [-0.39, 0.29) is 30.3 Å². The zero-order valence-corrected chi connectivity index (χ0v) is 22.7. The Morgan fingerprint density at radius 2 is 1.85 bits per heavy atom. The number of fused-ring (bicyclic) bond motifs is 1. The molecule has 0 aromatic carbocycles. The first-order valence-corrected chi connectivity index (χ1v) is 13.5. The fraction of sp³-hybridized carbons (Fsp3) is 0.808. The van der Waals surface area contributed by atoms with Crippen molar-refractivity contribution in [2.24, 2.45) is 11.8 Å². The van der Waals surface area contributed by atoms with Gasteiger partial charge >= 0.3 is 12.1 Å². The Balaban J connectivity index is 1.57. The molecule has 3 heterocycles. The molecular weight excluding hydrogens is 517 g/mol. The summed E-state index contributed by atoms with van der Waals surface area (Å²) in [6.07, 6.45) is -0.950. The molecule has 0 aromatic heterocycles. The number of carbonyl (C=O) groups is 4. The summed E-state index contributed by atoms with van der Waals surface area (Å²) in [6.45, 7) is 7.08. The Hall–Kier alpha value is -2.88. The smallest absolute Gasteiger partial charge is 0.351 e. The van der Waals surface area contributed by atoms with Gasteiger partial charge in [0.25, 0.3) is 0 Å². The molecule has 4 fully saturated rings. The van der Waals surface area contributed by atoms with E-state index in [1.54, 1.807) is 13.8 Å². The number of nitrogens with one attached hydrogen (secondary N) is 4. The molecule has 4 rings (SSSR count). The van der Waals surface area contributed by atoms with Crippen LogP contribution in [0.2, 0.25) is 0 Å². The minimum Gasteiger partial charge on any atom is -0.351 e. The van der Waals surface area contributed by atoms with Crippen molar-refractivity contribution in [1.82, 2.24) is 26.2 Å². The van der Waals surface area contributed by atoms with Crippen molar-refractivity contribution < 1.29 is 32.3 Å². The van der Waals surface area contributed by atoms with Crippen molar-refractivity contribution in [3.05, 3.63) is 0 Å². The topological polar surface area (TPSA) is 143 Å². The minimum absolute atomic E-state index is 0.105. The lowest BCUT2D eigenvalue weighted by Gasteiger charge is -2.48. The molecule has 1 spiro atoms. The molecule has 4 N–H and O–H groups in total. The second kappa shape index (κ2) is 9.94. The molecule has 1 aliphatic carbocycles. The number of halogens is 3. The molecule has 216 valence electrons. The van der Waals surface area contributed by atoms with Gasteiger partial charge in [-0.1, -0.05) is 12.8 Å². The van der Waals surface area contributed by atoms with Gasteiger partial charge in [-0.2, -0.15) is 18.4 Å². The Morgan fingerprint density at radius 3 is 2.46 bits per heavy atom. The number of rotatable bonds is 5. The van der Waals surface area contributed by atoms with E-state index in [9.17, 15) is 37.6 Å². The van der Waals surface area contributed by atoms with Crippen LogP contribution in [0, 0.1) is 23.2 Å². The van der Waals surface area contributed by atoms with E-state index in [1.807, 2.05) is 19.2 Å². The van der Waals surface area contributed by atoms with Crippen LogP contribution in [0.3, 0.4) is 0 Å². The number of hydrogen-bond acceptors (Lipinski definition) is 6. The highest BCUT2D eigenvalue weighted by molar-refractivity contribution is 5.95. The molecule has 13 heteroatoms. The third-order valence-electron chi connectivity index (χ3n) is 8.83. The molecule has 4 amide bonds. The first-order valence-electron chi connectivity index (χ1n) is 13.5. The quantitative estimate of drug-likeness (QED) is 0.403. The molecule has 6 atom stereocenters. The summed E-state index contributed by atoms with van der Waals surface area (Å²) >= 11 is 0. The number of piperidine rings is 1. The maximum Gasteiger partial charge on any atom is 0.471 e. The summed E-state index contributed by atoms with van der Waals surface area (Å²) in [5.41, 5.74) is -2.30. The number of nitrogens with zero attached hydrogens (tertiary/aromatic N) is 2. The molecule has 39 heavy (non-hydrogen) atoms. The maximum absolute atomic E-state index is 13.7. The molecule has 10 nitrogen and oxygen atoms in total. The highest BCUT2D eigenvalue weighted by atomic mass is 19.4. The van der Waals surface area contributed by atoms with Gasteiger partial charge in [-0.3, -0.25) is 19.2 Å². The van der Waals surface area contributed by atoms with Crippen molar-refractivity contribution in [2.75, 3.05) is 6.54 Å². The molecule has 2 bridgehead atoms. The van der Waals surface area contributed by atoms with Gasteiger partial charge in [-0.25, -0.2) is 0 Å². The number of amides is 4. The third-order valence-corrected chi connectivity index (χ3v) is 8.83. The highest BCUT2D eigenvalue weighted by Gasteiger charge is 2.63. The number of alkyl halides is 3. The van der Waals surface area contributed by atoms with Crippen molar-refractivity contribution >= 4 is 23.6 Å². The van der Waals surface area contributed by atoms with Crippen LogP contribution in [-0.2, 0) is 19.2 Å². The summed E-state index contributed by atoms with van der Waals surface area (Å²) in [5.74, 6) is -4.56. The number of carbonyl (C=O) groups excluding carboxylic acids is 4. The van der Waals surface area contributed by atoms with Crippen molar-refractivity contribution in [3.8, 4) is 6.07 Å². The predicted molar refractivity (Wildman–Crippen MR) is 132 cm³/mol. The summed E-state index contributed by atoms with van der Waals surface area (Å²) in [5, 5.41) is 20.7. The van der Waals surface area contributed by atoms with E-state index in [2.05, 4.69) is 22.0 Å². The minimum atomic E-state index is -5.18. The van der Waals surface area contributed by atoms with Gasteiger partial charge in [0.1, 0.15) is 18.1 Å². The molecular formula is C26H37F3N6O4. The van der Waals surface area contributed by atoms with E-state index in [1.165, 1.54) is 4.90 Å². The standard InChI is InChI=1S/C26H37F3N6O4/c1-23(2)10-8-14(19(36)33-23)11-15(12-30)31-20(37)17-16-7-5-6-9-25(16)13-35(17)21(38)18(24(3,4)34-25)32-22(39)26(27,28)29/h14-18,34H,5-11,13H2,1-4H3,(H,31,37)(H,32,39)(H,33,36)/t14-,15-,16+,17-,18+,25+/m0/s1. The fourth-order valence-corrected chi connectivity index (χ4v) is 6.99. The summed E-state index contributed by atoms with van der Waals surface area (Å²) in [4.78, 5) is 53.1. The summed E-state index contributed by atoms with van der Waals surface area (Å²) in [6, 6.07) is -1.53. The van der Waals surface area contributed by atoms with Crippen molar-refractivity contribution in [3.63, 3.8) is 0 Å². The lowest BCUT2D eigenvalue weighted by atomic mass is 9.70. The summed E-state index contributed by atoms with van der Waals surface area (Å²) in [7, 11) is 0. The molecule has 0 aromatic rings. The van der Waals surface area contributed by atoms with Gasteiger partial charge in [0.05, 0.1) is 6.07 Å². The number of hydrogen-bond donors (Lipinski definition) is 4. The van der Waals surface area contributed by atoms with Gasteiger partial charge < -0.3 is 26.2 Å². The van der Waals surface area contributed by atoms with Gasteiger partial charge in [-0.05, 0) is 59.8 Å². The lowest BCUT2D eigenvalue weighted by Crippen LogP contribution is -2.70. The molecule has 3 saturated heterocycles. The van der Waals surface area contributed by atoms with E-state index in [0.29, 0.717) is 19.3 Å². The van der Waals surface area contributed by atoms with Crippen LogP contribution in [0.15, 0.2) is 0 Å².